The second-order valence-corrected chi connectivity index (χ2v) is 7.10. The van der Waals surface area contributed by atoms with Crippen molar-refractivity contribution in [2.75, 3.05) is 53.4 Å². The Morgan fingerprint density at radius 3 is 2.42 bits per heavy atom. The zero-order valence-corrected chi connectivity index (χ0v) is 14.9. The van der Waals surface area contributed by atoms with Crippen molar-refractivity contribution >= 4 is 6.03 Å². The highest BCUT2D eigenvalue weighted by atomic mass is 16.2. The average Bonchev–Trinajstić information content (AvgIpc) is 2.62. The van der Waals surface area contributed by atoms with Crippen LogP contribution in [0.15, 0.2) is 24.5 Å². The minimum absolute atomic E-state index is 0.196. The largest absolute Gasteiger partial charge is 0.322 e. The van der Waals surface area contributed by atoms with E-state index in [4.69, 9.17) is 0 Å². The number of urea groups is 1. The Hall–Kier alpha value is -1.66. The number of rotatable bonds is 3. The van der Waals surface area contributed by atoms with Crippen LogP contribution in [-0.4, -0.2) is 90.0 Å². The van der Waals surface area contributed by atoms with Crippen molar-refractivity contribution in [3.05, 3.63) is 30.1 Å². The molecule has 0 saturated carbocycles. The summed E-state index contributed by atoms with van der Waals surface area (Å²) in [5, 5.41) is 0. The van der Waals surface area contributed by atoms with E-state index in [1.807, 2.05) is 17.2 Å². The molecular weight excluding hydrogens is 302 g/mol. The summed E-state index contributed by atoms with van der Waals surface area (Å²) >= 11 is 0. The molecule has 0 unspecified atom stereocenters. The van der Waals surface area contributed by atoms with Gasteiger partial charge in [-0.2, -0.15) is 0 Å². The predicted octanol–water partition coefficient (Wildman–Crippen LogP) is 1.35. The van der Waals surface area contributed by atoms with E-state index < -0.39 is 0 Å². The molecule has 0 radical (unpaired) electrons. The van der Waals surface area contributed by atoms with E-state index in [9.17, 15) is 4.79 Å². The Morgan fingerprint density at radius 1 is 1.12 bits per heavy atom. The molecule has 2 aliphatic heterocycles. The minimum Gasteiger partial charge on any atom is -0.322 e. The van der Waals surface area contributed by atoms with Crippen molar-refractivity contribution in [2.24, 2.45) is 0 Å². The molecule has 0 atom stereocenters. The molecule has 0 aromatic carbocycles. The van der Waals surface area contributed by atoms with Gasteiger partial charge in [-0.3, -0.25) is 4.98 Å². The molecule has 6 nitrogen and oxygen atoms in total. The molecule has 3 rings (SSSR count). The topological polar surface area (TPSA) is 42.9 Å². The molecule has 132 valence electrons. The lowest BCUT2D eigenvalue weighted by Crippen LogP contribution is -2.55. The van der Waals surface area contributed by atoms with E-state index in [1.165, 1.54) is 0 Å². The second kappa shape index (κ2) is 7.94. The average molecular weight is 331 g/mol. The van der Waals surface area contributed by atoms with E-state index in [2.05, 4.69) is 39.8 Å². The highest BCUT2D eigenvalue weighted by molar-refractivity contribution is 5.75. The summed E-state index contributed by atoms with van der Waals surface area (Å²) < 4.78 is 0. The van der Waals surface area contributed by atoms with E-state index in [-0.39, 0.29) is 6.03 Å². The molecule has 2 aliphatic rings. The first-order valence-electron chi connectivity index (χ1n) is 8.95. The first-order chi connectivity index (χ1) is 11.6. The van der Waals surface area contributed by atoms with Crippen LogP contribution >= 0.6 is 0 Å². The van der Waals surface area contributed by atoms with Crippen molar-refractivity contribution in [1.82, 2.24) is 24.6 Å². The number of likely N-dealkylation sites (N-methyl/N-ethyl adjacent to an activating group) is 1. The fraction of sp³-hybridized carbons (Fsp3) is 0.667. The maximum Gasteiger partial charge on any atom is 0.320 e. The zero-order valence-electron chi connectivity index (χ0n) is 14.9. The summed E-state index contributed by atoms with van der Waals surface area (Å²) in [6.45, 7) is 6.35. The molecule has 3 heterocycles. The molecule has 1 aromatic heterocycles. The SMILES string of the molecule is CN1CCC(N(Cc2cccnc2)C(=O)N2CCN(C)CC2)CC1. The minimum atomic E-state index is 0.196. The molecule has 1 aromatic rings. The molecule has 0 aliphatic carbocycles. The number of carbonyl (C=O) groups is 1. The van der Waals surface area contributed by atoms with Gasteiger partial charge >= 0.3 is 6.03 Å². The standard InChI is InChI=1S/C18H29N5O/c1-20-8-5-17(6-9-20)23(15-16-4-3-7-19-14-16)18(24)22-12-10-21(2)11-13-22/h3-4,7,14,17H,5-6,8-13,15H2,1-2H3. The number of nitrogens with zero attached hydrogens (tertiary/aromatic N) is 5. The van der Waals surface area contributed by atoms with Crippen molar-refractivity contribution in [2.45, 2.75) is 25.4 Å². The lowest BCUT2D eigenvalue weighted by molar-refractivity contribution is 0.0851. The fourth-order valence-electron chi connectivity index (χ4n) is 3.53. The molecule has 2 fully saturated rings. The van der Waals surface area contributed by atoms with E-state index in [0.717, 1.165) is 57.7 Å². The van der Waals surface area contributed by atoms with Gasteiger partial charge in [0.05, 0.1) is 0 Å². The van der Waals surface area contributed by atoms with Gasteiger partial charge in [0.2, 0.25) is 0 Å². The van der Waals surface area contributed by atoms with Gasteiger partial charge in [0.25, 0.3) is 0 Å². The van der Waals surface area contributed by atoms with Crippen LogP contribution in [0, 0.1) is 0 Å². The van der Waals surface area contributed by atoms with Crippen molar-refractivity contribution in [3.8, 4) is 0 Å². The van der Waals surface area contributed by atoms with Crippen LogP contribution in [0.5, 0.6) is 0 Å². The van der Waals surface area contributed by atoms with Gasteiger partial charge in [0, 0.05) is 51.2 Å². The first-order valence-corrected chi connectivity index (χ1v) is 8.95. The molecule has 0 N–H and O–H groups in total. The second-order valence-electron chi connectivity index (χ2n) is 7.10. The molecule has 24 heavy (non-hydrogen) atoms. The van der Waals surface area contributed by atoms with Crippen LogP contribution < -0.4 is 0 Å². The highest BCUT2D eigenvalue weighted by Crippen LogP contribution is 2.20. The molecule has 2 saturated heterocycles. The number of piperidine rings is 1. The summed E-state index contributed by atoms with van der Waals surface area (Å²) in [5.74, 6) is 0. The fourth-order valence-corrected chi connectivity index (χ4v) is 3.53. The monoisotopic (exact) mass is 331 g/mol. The van der Waals surface area contributed by atoms with Gasteiger partial charge in [-0.1, -0.05) is 6.07 Å². The van der Waals surface area contributed by atoms with Gasteiger partial charge in [-0.05, 0) is 51.7 Å². The smallest absolute Gasteiger partial charge is 0.320 e. The Bertz CT molecular complexity index is 521. The molecule has 0 spiro atoms. The van der Waals surface area contributed by atoms with Crippen LogP contribution in [0.2, 0.25) is 0 Å². The predicted molar refractivity (Wildman–Crippen MR) is 94.8 cm³/mol. The number of aromatic nitrogens is 1. The summed E-state index contributed by atoms with van der Waals surface area (Å²) in [6.07, 6.45) is 5.76. The Kier molecular flexibility index (Phi) is 5.68. The Balaban J connectivity index is 1.72. The summed E-state index contributed by atoms with van der Waals surface area (Å²) in [7, 11) is 4.27. The number of hydrogen-bond acceptors (Lipinski definition) is 4. The van der Waals surface area contributed by atoms with Gasteiger partial charge in [-0.25, -0.2) is 4.79 Å². The van der Waals surface area contributed by atoms with E-state index in [0.29, 0.717) is 12.6 Å². The van der Waals surface area contributed by atoms with Gasteiger partial charge in [0.15, 0.2) is 0 Å². The summed E-state index contributed by atoms with van der Waals surface area (Å²) in [6, 6.07) is 4.53. The Labute approximate surface area is 145 Å². The van der Waals surface area contributed by atoms with Crippen LogP contribution in [-0.2, 0) is 6.54 Å². The van der Waals surface area contributed by atoms with E-state index in [1.54, 1.807) is 6.20 Å². The van der Waals surface area contributed by atoms with Crippen molar-refractivity contribution in [3.63, 3.8) is 0 Å². The maximum atomic E-state index is 13.2. The third-order valence-electron chi connectivity index (χ3n) is 5.22. The highest BCUT2D eigenvalue weighted by Gasteiger charge is 2.31. The number of hydrogen-bond donors (Lipinski definition) is 0. The number of piperazine rings is 1. The van der Waals surface area contributed by atoms with Gasteiger partial charge < -0.3 is 19.6 Å². The number of amides is 2. The molecular formula is C18H29N5O. The summed E-state index contributed by atoms with van der Waals surface area (Å²) in [5.41, 5.74) is 1.11. The van der Waals surface area contributed by atoms with Crippen LogP contribution in [0.25, 0.3) is 0 Å². The van der Waals surface area contributed by atoms with Crippen LogP contribution in [0.4, 0.5) is 4.79 Å². The molecule has 6 heteroatoms. The lowest BCUT2D eigenvalue weighted by Gasteiger charge is -2.41. The van der Waals surface area contributed by atoms with Crippen molar-refractivity contribution in [1.29, 1.82) is 0 Å². The summed E-state index contributed by atoms with van der Waals surface area (Å²) in [4.78, 5) is 26.1. The van der Waals surface area contributed by atoms with Gasteiger partial charge in [0.1, 0.15) is 0 Å². The maximum absolute atomic E-state index is 13.2. The first kappa shape index (κ1) is 17.2. The zero-order chi connectivity index (χ0) is 16.9. The quantitative estimate of drug-likeness (QED) is 0.838. The number of likely N-dealkylation sites (tertiary alicyclic amines) is 1. The Morgan fingerprint density at radius 2 is 1.79 bits per heavy atom. The molecule has 0 bridgehead atoms. The van der Waals surface area contributed by atoms with Gasteiger partial charge in [-0.15, -0.1) is 0 Å². The third kappa shape index (κ3) is 4.24. The van der Waals surface area contributed by atoms with Crippen molar-refractivity contribution < 1.29 is 4.79 Å². The van der Waals surface area contributed by atoms with Crippen LogP contribution in [0.1, 0.15) is 18.4 Å². The third-order valence-corrected chi connectivity index (χ3v) is 5.22. The number of carbonyl (C=O) groups excluding carboxylic acids is 1. The normalized spacial score (nSPS) is 21.0. The van der Waals surface area contributed by atoms with Crippen LogP contribution in [0.3, 0.4) is 0 Å². The van der Waals surface area contributed by atoms with E-state index >= 15 is 0 Å². The lowest BCUT2D eigenvalue weighted by atomic mass is 10.0. The number of pyridine rings is 1. The molecule has 2 amide bonds.